The first kappa shape index (κ1) is 51.6. The second kappa shape index (κ2) is 19.9. The number of imide groups is 2. The highest BCUT2D eigenvalue weighted by Gasteiger charge is 2.40. The van der Waals surface area contributed by atoms with Crippen LogP contribution in [0.4, 0.5) is 30.8 Å². The Morgan fingerprint density at radius 3 is 1.37 bits per heavy atom. The van der Waals surface area contributed by atoms with E-state index in [9.17, 15) is 34.5 Å². The molecule has 4 amide bonds. The van der Waals surface area contributed by atoms with E-state index in [2.05, 4.69) is 21.3 Å². The standard InChI is InChI=1S/C26H35N5O6.C17H26N4O4/c1-15(2)31-21(30(23(33)36-25(4,5)6)24(34)37-26(7,8)9)18(13-27)20(29-31)17-11-12-19(28-14-17)16(3)22(32)35-10;1-11(2)21-13(12(9-18)10-19-21)20(14(22)24-16(3,4)5)15(23)25-17(6,7)8/h11-12,14-16H,1-10H3;10-11H,1-8H3. The molecular weight excluding hydrogens is 803 g/mol. The monoisotopic (exact) mass is 863 g/mol. The summed E-state index contributed by atoms with van der Waals surface area (Å²) in [6.45, 7) is 29.0. The third-order valence-corrected chi connectivity index (χ3v) is 7.65. The molecule has 1 atom stereocenters. The minimum Gasteiger partial charge on any atom is -0.469 e. The number of aromatic nitrogens is 5. The molecule has 0 saturated heterocycles. The highest BCUT2D eigenvalue weighted by Crippen LogP contribution is 2.35. The molecule has 0 radical (unpaired) electrons. The normalized spacial score (nSPS) is 12.2. The van der Waals surface area contributed by atoms with Gasteiger partial charge in [0, 0.05) is 23.8 Å². The topological polar surface area (TPSA) is 234 Å². The Bertz CT molecular complexity index is 2130. The van der Waals surface area contributed by atoms with E-state index in [4.69, 9.17) is 23.7 Å². The van der Waals surface area contributed by atoms with Gasteiger partial charge in [-0.3, -0.25) is 9.78 Å². The zero-order valence-electron chi connectivity index (χ0n) is 39.1. The molecule has 3 aromatic rings. The quantitative estimate of drug-likeness (QED) is 0.159. The van der Waals surface area contributed by atoms with Gasteiger partial charge in [-0.05, 0) is 130 Å². The van der Waals surface area contributed by atoms with E-state index >= 15 is 0 Å². The molecule has 1 unspecified atom stereocenters. The van der Waals surface area contributed by atoms with Gasteiger partial charge in [0.1, 0.15) is 51.4 Å². The maximum atomic E-state index is 13.3. The van der Waals surface area contributed by atoms with Crippen molar-refractivity contribution in [3.8, 4) is 23.4 Å². The van der Waals surface area contributed by atoms with Crippen molar-refractivity contribution >= 4 is 42.0 Å². The first-order valence-electron chi connectivity index (χ1n) is 19.8. The number of nitriles is 2. The van der Waals surface area contributed by atoms with Crippen LogP contribution in [-0.2, 0) is 28.5 Å². The van der Waals surface area contributed by atoms with Crippen LogP contribution in [0.25, 0.3) is 11.3 Å². The molecule has 62 heavy (non-hydrogen) atoms. The van der Waals surface area contributed by atoms with Gasteiger partial charge in [0.15, 0.2) is 11.6 Å². The van der Waals surface area contributed by atoms with Gasteiger partial charge in [0.05, 0.1) is 24.9 Å². The summed E-state index contributed by atoms with van der Waals surface area (Å²) < 4.78 is 29.2. The van der Waals surface area contributed by atoms with Crippen molar-refractivity contribution in [3.63, 3.8) is 0 Å². The largest absolute Gasteiger partial charge is 0.469 e. The van der Waals surface area contributed by atoms with Crippen molar-refractivity contribution in [1.29, 1.82) is 10.5 Å². The first-order valence-corrected chi connectivity index (χ1v) is 19.8. The third-order valence-electron chi connectivity index (χ3n) is 7.65. The molecule has 0 aliphatic rings. The smallest absolute Gasteiger partial charge is 0.425 e. The number of carbonyl (C=O) groups is 5. The number of amides is 4. The van der Waals surface area contributed by atoms with E-state index in [0.29, 0.717) is 16.2 Å². The van der Waals surface area contributed by atoms with Gasteiger partial charge < -0.3 is 23.7 Å². The van der Waals surface area contributed by atoms with Crippen LogP contribution in [-0.4, -0.2) is 84.4 Å². The number of ether oxygens (including phenoxy) is 5. The van der Waals surface area contributed by atoms with E-state index in [1.54, 1.807) is 116 Å². The number of nitrogens with zero attached hydrogens (tertiary/aromatic N) is 9. The molecule has 0 aliphatic heterocycles. The fraction of sp³-hybridized carbons (Fsp3) is 0.581. The molecule has 338 valence electrons. The van der Waals surface area contributed by atoms with Gasteiger partial charge in [0.2, 0.25) is 0 Å². The molecule has 3 aromatic heterocycles. The van der Waals surface area contributed by atoms with Crippen LogP contribution in [0.15, 0.2) is 24.5 Å². The summed E-state index contributed by atoms with van der Waals surface area (Å²) in [6.07, 6.45) is -1.10. The summed E-state index contributed by atoms with van der Waals surface area (Å²) in [4.78, 5) is 69.6. The SMILES string of the molecule is CC(C)n1ncc(C#N)c1N(C(=O)OC(C)(C)C)C(=O)OC(C)(C)C.COC(=O)C(C)c1ccc(-c2nn(C(C)C)c(N(C(=O)OC(C)(C)C)C(=O)OC(C)(C)C)c2C#N)cn1. The zero-order chi connectivity index (χ0) is 47.9. The van der Waals surface area contributed by atoms with Gasteiger partial charge in [-0.1, -0.05) is 0 Å². The maximum Gasteiger partial charge on any atom is 0.425 e. The molecule has 0 spiro atoms. The lowest BCUT2D eigenvalue weighted by Crippen LogP contribution is -2.45. The number of carbonyl (C=O) groups excluding carboxylic acids is 5. The second-order valence-corrected chi connectivity index (χ2v) is 18.5. The molecule has 0 aliphatic carbocycles. The number of pyridine rings is 1. The molecule has 3 heterocycles. The van der Waals surface area contributed by atoms with Crippen molar-refractivity contribution in [2.45, 2.75) is 158 Å². The number of esters is 1. The van der Waals surface area contributed by atoms with E-state index in [1.165, 1.54) is 28.9 Å². The predicted octanol–water partition coefficient (Wildman–Crippen LogP) is 9.36. The summed E-state index contributed by atoms with van der Waals surface area (Å²) >= 11 is 0. The van der Waals surface area contributed by atoms with Crippen molar-refractivity contribution in [3.05, 3.63) is 41.3 Å². The molecule has 0 bridgehead atoms. The van der Waals surface area contributed by atoms with Crippen molar-refractivity contribution in [1.82, 2.24) is 24.5 Å². The van der Waals surface area contributed by atoms with Crippen LogP contribution < -0.4 is 9.80 Å². The lowest BCUT2D eigenvalue weighted by Gasteiger charge is -2.29. The average Bonchev–Trinajstić information content (AvgIpc) is 3.70. The van der Waals surface area contributed by atoms with Crippen molar-refractivity contribution in [2.24, 2.45) is 0 Å². The summed E-state index contributed by atoms with van der Waals surface area (Å²) in [6, 6.07) is 6.77. The molecule has 19 nitrogen and oxygen atoms in total. The van der Waals surface area contributed by atoms with Crippen LogP contribution in [0.3, 0.4) is 0 Å². The Hall–Kier alpha value is -6.50. The molecule has 3 rings (SSSR count). The van der Waals surface area contributed by atoms with E-state index in [-0.39, 0.29) is 40.5 Å². The summed E-state index contributed by atoms with van der Waals surface area (Å²) in [5.41, 5.74) is -2.34. The van der Waals surface area contributed by atoms with E-state index in [0.717, 1.165) is 4.90 Å². The summed E-state index contributed by atoms with van der Waals surface area (Å²) in [7, 11) is 1.30. The lowest BCUT2D eigenvalue weighted by molar-refractivity contribution is -0.142. The van der Waals surface area contributed by atoms with Crippen LogP contribution >= 0.6 is 0 Å². The van der Waals surface area contributed by atoms with E-state index < -0.39 is 58.7 Å². The second-order valence-electron chi connectivity index (χ2n) is 18.5. The first-order chi connectivity index (χ1) is 28.3. The number of rotatable bonds is 7. The Kier molecular flexibility index (Phi) is 16.6. The fourth-order valence-corrected chi connectivity index (χ4v) is 5.16. The molecule has 19 heteroatoms. The maximum absolute atomic E-state index is 13.3. The highest BCUT2D eigenvalue weighted by atomic mass is 16.6. The zero-order valence-corrected chi connectivity index (χ0v) is 39.1. The number of methoxy groups -OCH3 is 1. The Labute approximate surface area is 363 Å². The molecule has 0 fully saturated rings. The van der Waals surface area contributed by atoms with Gasteiger partial charge in [0.25, 0.3) is 0 Å². The fourth-order valence-electron chi connectivity index (χ4n) is 5.16. The van der Waals surface area contributed by atoms with Gasteiger partial charge in [-0.25, -0.2) is 28.5 Å². The van der Waals surface area contributed by atoms with Crippen molar-refractivity contribution < 1.29 is 47.7 Å². The Morgan fingerprint density at radius 1 is 0.629 bits per heavy atom. The van der Waals surface area contributed by atoms with Gasteiger partial charge in [-0.15, -0.1) is 0 Å². The molecule has 0 aromatic carbocycles. The van der Waals surface area contributed by atoms with Gasteiger partial charge in [-0.2, -0.15) is 30.5 Å². The summed E-state index contributed by atoms with van der Waals surface area (Å²) in [5, 5.41) is 28.2. The minimum atomic E-state index is -1.01. The highest BCUT2D eigenvalue weighted by molar-refractivity contribution is 6.11. The van der Waals surface area contributed by atoms with Crippen LogP contribution in [0, 0.1) is 22.7 Å². The average molecular weight is 864 g/mol. The lowest BCUT2D eigenvalue weighted by atomic mass is 10.0. The third kappa shape index (κ3) is 14.0. The Balaban J connectivity index is 0.000000461. The van der Waals surface area contributed by atoms with Crippen LogP contribution in [0.1, 0.15) is 153 Å². The van der Waals surface area contributed by atoms with Gasteiger partial charge >= 0.3 is 30.3 Å². The number of hydrogen-bond acceptors (Lipinski definition) is 15. The molecule has 0 N–H and O–H groups in total. The number of anilines is 2. The van der Waals surface area contributed by atoms with Crippen LogP contribution in [0.2, 0.25) is 0 Å². The number of hydrogen-bond donors (Lipinski definition) is 0. The predicted molar refractivity (Wildman–Crippen MR) is 228 cm³/mol. The van der Waals surface area contributed by atoms with Crippen LogP contribution in [0.5, 0.6) is 0 Å². The summed E-state index contributed by atoms with van der Waals surface area (Å²) in [5.74, 6) is -1.08. The molecule has 0 saturated carbocycles. The van der Waals surface area contributed by atoms with E-state index in [1.807, 2.05) is 19.9 Å². The minimum absolute atomic E-state index is 0.0287. The van der Waals surface area contributed by atoms with Crippen molar-refractivity contribution in [2.75, 3.05) is 16.9 Å². The molecular formula is C43H61N9O10. The Morgan fingerprint density at radius 2 is 1.05 bits per heavy atom.